The first-order chi connectivity index (χ1) is 13.6. The first-order valence-electron chi connectivity index (χ1n) is 10.5. The highest BCUT2D eigenvalue weighted by Gasteiger charge is 2.33. The number of amides is 1. The molecule has 4 rings (SSSR count). The van der Waals surface area contributed by atoms with Crippen LogP contribution in [0.4, 0.5) is 0 Å². The molecule has 148 valence electrons. The van der Waals surface area contributed by atoms with E-state index in [0.29, 0.717) is 5.91 Å². The van der Waals surface area contributed by atoms with Gasteiger partial charge in [-0.15, -0.1) is 0 Å². The van der Waals surface area contributed by atoms with Crippen molar-refractivity contribution < 1.29 is 4.79 Å². The fourth-order valence-electron chi connectivity index (χ4n) is 4.48. The first kappa shape index (κ1) is 19.5. The van der Waals surface area contributed by atoms with E-state index in [4.69, 9.17) is 11.6 Å². The topological polar surface area (TPSA) is 23.6 Å². The quantitative estimate of drug-likeness (QED) is 0.700. The lowest BCUT2D eigenvalue weighted by molar-refractivity contribution is -0.137. The van der Waals surface area contributed by atoms with Crippen molar-refractivity contribution in [2.75, 3.05) is 19.6 Å². The minimum absolute atomic E-state index is 0.0515. The molecule has 2 aromatic carbocycles. The summed E-state index contributed by atoms with van der Waals surface area (Å²) in [5.74, 6) is 0.346. The molecule has 0 radical (unpaired) electrons. The van der Waals surface area contributed by atoms with E-state index < -0.39 is 0 Å². The molecule has 4 heteroatoms. The van der Waals surface area contributed by atoms with E-state index in [1.807, 2.05) is 13.0 Å². The van der Waals surface area contributed by atoms with Gasteiger partial charge in [0.25, 0.3) is 0 Å². The third kappa shape index (κ3) is 4.26. The zero-order valence-electron chi connectivity index (χ0n) is 16.7. The third-order valence-electron chi connectivity index (χ3n) is 6.13. The van der Waals surface area contributed by atoms with E-state index in [9.17, 15) is 4.79 Å². The van der Waals surface area contributed by atoms with E-state index in [2.05, 4.69) is 46.2 Å². The number of nitrogens with zero attached hydrogens (tertiary/aromatic N) is 2. The second kappa shape index (κ2) is 8.67. The predicted molar refractivity (Wildman–Crippen MR) is 115 cm³/mol. The predicted octanol–water partition coefficient (Wildman–Crippen LogP) is 5.29. The molecule has 0 N–H and O–H groups in total. The normalized spacial score (nSPS) is 20.5. The highest BCUT2D eigenvalue weighted by Crippen LogP contribution is 2.28. The summed E-state index contributed by atoms with van der Waals surface area (Å²) >= 11 is 6.32. The van der Waals surface area contributed by atoms with Crippen molar-refractivity contribution in [3.8, 4) is 11.1 Å². The maximum absolute atomic E-state index is 13.0. The highest BCUT2D eigenvalue weighted by atomic mass is 35.5. The standard InChI is InChI=1S/C24H29ClN2O/c1-18-10-11-21(16-22(18)25)20-8-5-7-19(15-20)17-27-14-6-9-23(27)24(28)26-12-3-2-4-13-26/h5,7-8,10-11,15-16,23H,2-4,6,9,12-14,17H2,1H3. The van der Waals surface area contributed by atoms with E-state index in [-0.39, 0.29) is 6.04 Å². The van der Waals surface area contributed by atoms with Gasteiger partial charge < -0.3 is 4.90 Å². The van der Waals surface area contributed by atoms with Crippen LogP contribution in [0.2, 0.25) is 5.02 Å². The Morgan fingerprint density at radius 3 is 2.57 bits per heavy atom. The Kier molecular flexibility index (Phi) is 6.03. The largest absolute Gasteiger partial charge is 0.341 e. The van der Waals surface area contributed by atoms with E-state index in [0.717, 1.165) is 68.0 Å². The molecular weight excluding hydrogens is 368 g/mol. The number of hydrogen-bond acceptors (Lipinski definition) is 2. The number of hydrogen-bond donors (Lipinski definition) is 0. The average Bonchev–Trinajstić information content (AvgIpc) is 3.18. The van der Waals surface area contributed by atoms with Crippen LogP contribution in [-0.2, 0) is 11.3 Å². The summed E-state index contributed by atoms with van der Waals surface area (Å²) < 4.78 is 0. The van der Waals surface area contributed by atoms with Crippen LogP contribution >= 0.6 is 11.6 Å². The van der Waals surface area contributed by atoms with Crippen LogP contribution in [-0.4, -0.2) is 41.4 Å². The Balaban J connectivity index is 1.48. The molecule has 0 spiro atoms. The van der Waals surface area contributed by atoms with Crippen LogP contribution in [0.3, 0.4) is 0 Å². The SMILES string of the molecule is Cc1ccc(-c2cccc(CN3CCCC3C(=O)N3CCCCC3)c2)cc1Cl. The van der Waals surface area contributed by atoms with Crippen LogP contribution < -0.4 is 0 Å². The van der Waals surface area contributed by atoms with Gasteiger partial charge in [0.15, 0.2) is 0 Å². The van der Waals surface area contributed by atoms with Gasteiger partial charge in [-0.05, 0) is 80.0 Å². The zero-order valence-corrected chi connectivity index (χ0v) is 17.4. The van der Waals surface area contributed by atoms with E-state index >= 15 is 0 Å². The van der Waals surface area contributed by atoms with Crippen molar-refractivity contribution in [1.29, 1.82) is 0 Å². The molecular formula is C24H29ClN2O. The van der Waals surface area contributed by atoms with Crippen molar-refractivity contribution >= 4 is 17.5 Å². The number of benzene rings is 2. The number of carbonyl (C=O) groups excluding carboxylic acids is 1. The highest BCUT2D eigenvalue weighted by molar-refractivity contribution is 6.31. The number of aryl methyl sites for hydroxylation is 1. The molecule has 2 fully saturated rings. The monoisotopic (exact) mass is 396 g/mol. The minimum Gasteiger partial charge on any atom is -0.341 e. The Labute approximate surface area is 173 Å². The maximum Gasteiger partial charge on any atom is 0.239 e. The number of rotatable bonds is 4. The van der Waals surface area contributed by atoms with Gasteiger partial charge in [-0.3, -0.25) is 9.69 Å². The summed E-state index contributed by atoms with van der Waals surface area (Å²) in [6, 6.07) is 14.9. The van der Waals surface area contributed by atoms with Crippen LogP contribution in [0.5, 0.6) is 0 Å². The molecule has 1 atom stereocenters. The molecule has 0 aliphatic carbocycles. The number of halogens is 1. The van der Waals surface area contributed by atoms with E-state index in [1.54, 1.807) is 0 Å². The second-order valence-corrected chi connectivity index (χ2v) is 8.59. The fourth-order valence-corrected chi connectivity index (χ4v) is 4.66. The summed E-state index contributed by atoms with van der Waals surface area (Å²) in [6.07, 6.45) is 5.66. The summed E-state index contributed by atoms with van der Waals surface area (Å²) in [6.45, 7) is 5.73. The molecule has 2 heterocycles. The van der Waals surface area contributed by atoms with Gasteiger partial charge in [0.05, 0.1) is 6.04 Å². The van der Waals surface area contributed by atoms with Crippen molar-refractivity contribution in [3.63, 3.8) is 0 Å². The molecule has 1 amide bonds. The average molecular weight is 397 g/mol. The van der Waals surface area contributed by atoms with Gasteiger partial charge >= 0.3 is 0 Å². The van der Waals surface area contributed by atoms with Crippen LogP contribution in [0.1, 0.15) is 43.2 Å². The van der Waals surface area contributed by atoms with Gasteiger partial charge in [-0.2, -0.15) is 0 Å². The van der Waals surface area contributed by atoms with Crippen molar-refractivity contribution in [3.05, 3.63) is 58.6 Å². The minimum atomic E-state index is 0.0515. The van der Waals surface area contributed by atoms with Gasteiger partial charge in [0.2, 0.25) is 5.91 Å². The summed E-state index contributed by atoms with van der Waals surface area (Å²) in [4.78, 5) is 17.5. The molecule has 2 aliphatic rings. The summed E-state index contributed by atoms with van der Waals surface area (Å²) in [5.41, 5.74) is 4.67. The summed E-state index contributed by atoms with van der Waals surface area (Å²) in [5, 5.41) is 0.801. The molecule has 2 aliphatic heterocycles. The molecule has 1 unspecified atom stereocenters. The van der Waals surface area contributed by atoms with Gasteiger partial charge in [0.1, 0.15) is 0 Å². The van der Waals surface area contributed by atoms with Gasteiger partial charge in [-0.1, -0.05) is 41.9 Å². The Morgan fingerprint density at radius 2 is 1.79 bits per heavy atom. The van der Waals surface area contributed by atoms with Crippen molar-refractivity contribution in [2.24, 2.45) is 0 Å². The smallest absolute Gasteiger partial charge is 0.239 e. The number of likely N-dealkylation sites (tertiary alicyclic amines) is 2. The fraction of sp³-hybridized carbons (Fsp3) is 0.458. The van der Waals surface area contributed by atoms with Crippen molar-refractivity contribution in [1.82, 2.24) is 9.80 Å². The molecule has 0 bridgehead atoms. The molecule has 0 saturated carbocycles. The third-order valence-corrected chi connectivity index (χ3v) is 6.54. The second-order valence-electron chi connectivity index (χ2n) is 8.18. The lowest BCUT2D eigenvalue weighted by Crippen LogP contribution is -2.47. The molecule has 28 heavy (non-hydrogen) atoms. The lowest BCUT2D eigenvalue weighted by Gasteiger charge is -2.32. The lowest BCUT2D eigenvalue weighted by atomic mass is 10.0. The van der Waals surface area contributed by atoms with Crippen LogP contribution in [0.25, 0.3) is 11.1 Å². The Bertz CT molecular complexity index is 844. The zero-order chi connectivity index (χ0) is 19.5. The molecule has 2 aromatic rings. The van der Waals surface area contributed by atoms with Gasteiger partial charge in [-0.25, -0.2) is 0 Å². The number of carbonyl (C=O) groups is 1. The maximum atomic E-state index is 13.0. The van der Waals surface area contributed by atoms with E-state index in [1.165, 1.54) is 17.5 Å². The van der Waals surface area contributed by atoms with Crippen LogP contribution in [0.15, 0.2) is 42.5 Å². The molecule has 2 saturated heterocycles. The van der Waals surface area contributed by atoms with Crippen molar-refractivity contribution in [2.45, 2.75) is 51.6 Å². The molecule has 0 aromatic heterocycles. The summed E-state index contributed by atoms with van der Waals surface area (Å²) in [7, 11) is 0. The van der Waals surface area contributed by atoms with Crippen LogP contribution in [0, 0.1) is 6.92 Å². The molecule has 3 nitrogen and oxygen atoms in total. The first-order valence-corrected chi connectivity index (χ1v) is 10.9. The van der Waals surface area contributed by atoms with Gasteiger partial charge in [0, 0.05) is 24.7 Å². The Hall–Kier alpha value is -1.84. The number of piperidine rings is 1. The Morgan fingerprint density at radius 1 is 1.00 bits per heavy atom.